The molecule has 2 amide bonds. The van der Waals surface area contributed by atoms with Crippen LogP contribution in [0, 0.1) is 0 Å². The Labute approximate surface area is 247 Å². The van der Waals surface area contributed by atoms with Crippen molar-refractivity contribution in [2.24, 2.45) is 0 Å². The first kappa shape index (κ1) is 28.4. The Morgan fingerprint density at radius 2 is 1.29 bits per heavy atom. The van der Waals surface area contributed by atoms with Crippen LogP contribution in [0.2, 0.25) is 0 Å². The molecule has 1 heterocycles. The largest absolute Gasteiger partial charge is 0.497 e. The first-order valence-electron chi connectivity index (χ1n) is 13.9. The summed E-state index contributed by atoms with van der Waals surface area (Å²) in [7, 11) is 3.25. The van der Waals surface area contributed by atoms with E-state index < -0.39 is 0 Å². The number of ether oxygens (including phenoxy) is 2. The van der Waals surface area contributed by atoms with Crippen LogP contribution in [0.3, 0.4) is 0 Å². The van der Waals surface area contributed by atoms with Crippen molar-refractivity contribution in [2.75, 3.05) is 24.0 Å². The third-order valence-electron chi connectivity index (χ3n) is 7.45. The Kier molecular flexibility index (Phi) is 8.83. The van der Waals surface area contributed by atoms with Crippen LogP contribution in [0.1, 0.15) is 36.1 Å². The molecule has 42 heavy (non-hydrogen) atoms. The first-order chi connectivity index (χ1) is 20.5. The lowest BCUT2D eigenvalue weighted by molar-refractivity contribution is -0.114. The number of hydrogen-bond donors (Lipinski definition) is 0. The van der Waals surface area contributed by atoms with Gasteiger partial charge in [-0.1, -0.05) is 60.7 Å². The fourth-order valence-electron chi connectivity index (χ4n) is 5.34. The van der Waals surface area contributed by atoms with E-state index in [4.69, 9.17) is 9.47 Å². The maximum Gasteiger partial charge on any atom is 0.251 e. The lowest BCUT2D eigenvalue weighted by Gasteiger charge is -2.43. The van der Waals surface area contributed by atoms with Crippen LogP contribution in [0.5, 0.6) is 11.5 Å². The minimum atomic E-state index is -0.263. The van der Waals surface area contributed by atoms with Crippen molar-refractivity contribution in [2.45, 2.75) is 25.4 Å². The van der Waals surface area contributed by atoms with Crippen molar-refractivity contribution in [3.8, 4) is 11.5 Å². The van der Waals surface area contributed by atoms with Crippen LogP contribution in [-0.2, 0) is 9.59 Å². The van der Waals surface area contributed by atoms with Crippen molar-refractivity contribution in [1.82, 2.24) is 0 Å². The summed E-state index contributed by atoms with van der Waals surface area (Å²) in [6, 6.07) is 32.3. The molecule has 1 aliphatic rings. The lowest BCUT2D eigenvalue weighted by atomic mass is 9.89. The summed E-state index contributed by atoms with van der Waals surface area (Å²) in [6.45, 7) is 2.03. The third kappa shape index (κ3) is 6.28. The monoisotopic (exact) mass is 558 g/mol. The van der Waals surface area contributed by atoms with Crippen LogP contribution in [0.25, 0.3) is 12.2 Å². The quantitative estimate of drug-likeness (QED) is 0.213. The molecule has 6 heteroatoms. The first-order valence-corrected chi connectivity index (χ1v) is 13.9. The molecule has 0 aromatic heterocycles. The highest BCUT2D eigenvalue weighted by Crippen LogP contribution is 2.42. The van der Waals surface area contributed by atoms with E-state index in [1.807, 2.05) is 132 Å². The van der Waals surface area contributed by atoms with Gasteiger partial charge in [-0.15, -0.1) is 0 Å². The minimum absolute atomic E-state index is 0.110. The SMILES string of the molecule is COc1ccc(/C=C/C(=O)N2c3ccccc3C(N(C(=O)/C=C/c3ccc(OC)cc3)c3ccccc3)CC2C)cc1. The molecule has 0 radical (unpaired) electrons. The predicted molar refractivity (Wildman–Crippen MR) is 169 cm³/mol. The Morgan fingerprint density at radius 3 is 1.88 bits per heavy atom. The molecule has 0 spiro atoms. The van der Waals surface area contributed by atoms with Crippen molar-refractivity contribution in [1.29, 1.82) is 0 Å². The molecule has 0 aliphatic carbocycles. The van der Waals surface area contributed by atoms with E-state index in [1.165, 1.54) is 0 Å². The zero-order chi connectivity index (χ0) is 29.5. The molecule has 0 saturated heterocycles. The predicted octanol–water partition coefficient (Wildman–Crippen LogP) is 7.33. The topological polar surface area (TPSA) is 59.1 Å². The van der Waals surface area contributed by atoms with Gasteiger partial charge in [-0.3, -0.25) is 9.59 Å². The number of fused-ring (bicyclic) bond motifs is 1. The summed E-state index contributed by atoms with van der Waals surface area (Å²) in [5.41, 5.74) is 4.34. The Bertz CT molecular complexity index is 1580. The van der Waals surface area contributed by atoms with Gasteiger partial charge in [-0.25, -0.2) is 0 Å². The number of rotatable bonds is 8. The number of para-hydroxylation sites is 2. The van der Waals surface area contributed by atoms with Crippen LogP contribution < -0.4 is 19.3 Å². The third-order valence-corrected chi connectivity index (χ3v) is 7.45. The van der Waals surface area contributed by atoms with E-state index in [-0.39, 0.29) is 23.9 Å². The molecule has 5 rings (SSSR count). The van der Waals surface area contributed by atoms with E-state index in [1.54, 1.807) is 26.4 Å². The Hall–Kier alpha value is -5.10. The zero-order valence-corrected chi connectivity index (χ0v) is 24.0. The molecule has 1 aliphatic heterocycles. The summed E-state index contributed by atoms with van der Waals surface area (Å²) < 4.78 is 10.5. The summed E-state index contributed by atoms with van der Waals surface area (Å²) in [6.07, 6.45) is 7.42. The highest BCUT2D eigenvalue weighted by molar-refractivity contribution is 6.07. The van der Waals surface area contributed by atoms with E-state index in [0.29, 0.717) is 6.42 Å². The second kappa shape index (κ2) is 13.0. The van der Waals surface area contributed by atoms with Crippen LogP contribution >= 0.6 is 0 Å². The molecule has 2 unspecified atom stereocenters. The molecule has 0 fully saturated rings. The summed E-state index contributed by atoms with van der Waals surface area (Å²) in [4.78, 5) is 31.1. The molecular weight excluding hydrogens is 524 g/mol. The highest BCUT2D eigenvalue weighted by Gasteiger charge is 2.37. The summed E-state index contributed by atoms with van der Waals surface area (Å²) >= 11 is 0. The molecule has 0 N–H and O–H groups in total. The van der Waals surface area contributed by atoms with Gasteiger partial charge < -0.3 is 19.3 Å². The van der Waals surface area contributed by atoms with Gasteiger partial charge in [0.05, 0.1) is 20.3 Å². The summed E-state index contributed by atoms with van der Waals surface area (Å²) in [5.74, 6) is 1.28. The van der Waals surface area contributed by atoms with Gasteiger partial charge in [0.2, 0.25) is 0 Å². The van der Waals surface area contributed by atoms with Gasteiger partial charge in [0.25, 0.3) is 11.8 Å². The minimum Gasteiger partial charge on any atom is -0.497 e. The number of methoxy groups -OCH3 is 2. The van der Waals surface area contributed by atoms with Gasteiger partial charge in [0, 0.05) is 29.6 Å². The highest BCUT2D eigenvalue weighted by atomic mass is 16.5. The average Bonchev–Trinajstić information content (AvgIpc) is 3.03. The number of anilines is 2. The number of nitrogens with zero attached hydrogens (tertiary/aromatic N) is 2. The van der Waals surface area contributed by atoms with Crippen LogP contribution in [0.4, 0.5) is 11.4 Å². The number of amides is 2. The fraction of sp³-hybridized carbons (Fsp3) is 0.167. The van der Waals surface area contributed by atoms with Crippen molar-refractivity contribution in [3.63, 3.8) is 0 Å². The van der Waals surface area contributed by atoms with Gasteiger partial charge in [-0.05, 0) is 84.7 Å². The average molecular weight is 559 g/mol. The Morgan fingerprint density at radius 1 is 0.738 bits per heavy atom. The van der Waals surface area contributed by atoms with Gasteiger partial charge in [0.15, 0.2) is 0 Å². The maximum absolute atomic E-state index is 13.9. The van der Waals surface area contributed by atoms with E-state index in [9.17, 15) is 9.59 Å². The molecule has 0 saturated carbocycles. The molecule has 4 aromatic rings. The number of hydrogen-bond acceptors (Lipinski definition) is 4. The Balaban J connectivity index is 1.46. The second-order valence-corrected chi connectivity index (χ2v) is 10.1. The van der Waals surface area contributed by atoms with Crippen molar-refractivity contribution >= 4 is 35.3 Å². The van der Waals surface area contributed by atoms with Gasteiger partial charge in [0.1, 0.15) is 11.5 Å². The van der Waals surface area contributed by atoms with E-state index in [0.717, 1.165) is 39.6 Å². The second-order valence-electron chi connectivity index (χ2n) is 10.1. The van der Waals surface area contributed by atoms with Crippen molar-refractivity contribution < 1.29 is 19.1 Å². The fourth-order valence-corrected chi connectivity index (χ4v) is 5.34. The van der Waals surface area contributed by atoms with E-state index in [2.05, 4.69) is 0 Å². The standard InChI is InChI=1S/C36H34N2O4/c1-26-25-34(38(29-9-5-4-6-10-29)36(40)24-18-28-15-21-31(42-3)22-16-28)32-11-7-8-12-33(32)37(26)35(39)23-17-27-13-19-30(41-2)20-14-27/h4-24,26,34H,25H2,1-3H3/b23-17+,24-18+. The number of benzene rings is 4. The molecule has 6 nitrogen and oxygen atoms in total. The maximum atomic E-state index is 13.9. The van der Waals surface area contributed by atoms with Crippen molar-refractivity contribution in [3.05, 3.63) is 132 Å². The molecule has 212 valence electrons. The summed E-state index contributed by atoms with van der Waals surface area (Å²) in [5, 5.41) is 0. The number of carbonyl (C=O) groups excluding carboxylic acids is 2. The van der Waals surface area contributed by atoms with Gasteiger partial charge in [-0.2, -0.15) is 0 Å². The molecular formula is C36H34N2O4. The van der Waals surface area contributed by atoms with Crippen LogP contribution in [0.15, 0.2) is 115 Å². The molecule has 0 bridgehead atoms. The molecule has 4 aromatic carbocycles. The van der Waals surface area contributed by atoms with E-state index >= 15 is 0 Å². The van der Waals surface area contributed by atoms with Gasteiger partial charge >= 0.3 is 0 Å². The number of carbonyl (C=O) groups is 2. The van der Waals surface area contributed by atoms with Crippen LogP contribution in [-0.4, -0.2) is 32.1 Å². The normalized spacial score (nSPS) is 16.3. The zero-order valence-electron chi connectivity index (χ0n) is 24.0. The lowest BCUT2D eigenvalue weighted by Crippen LogP contribution is -2.47. The smallest absolute Gasteiger partial charge is 0.251 e. The molecule has 2 atom stereocenters.